The smallest absolute Gasteiger partial charge is 0.309 e. The summed E-state index contributed by atoms with van der Waals surface area (Å²) in [5.41, 5.74) is 0. The first-order valence-corrected chi connectivity index (χ1v) is 5.86. The molecule has 1 saturated heterocycles. The van der Waals surface area contributed by atoms with Crippen molar-refractivity contribution in [3.63, 3.8) is 0 Å². The van der Waals surface area contributed by atoms with Crippen LogP contribution in [0.4, 0.5) is 0 Å². The van der Waals surface area contributed by atoms with Crippen LogP contribution in [-0.2, 0) is 11.3 Å². The maximum Gasteiger partial charge on any atom is 0.309 e. The molecule has 1 aliphatic heterocycles. The van der Waals surface area contributed by atoms with Gasteiger partial charge in [-0.25, -0.2) is 0 Å². The SMILES string of the molecule is CC1CNCC(C(=O)O)CN1Cc1ccco1. The van der Waals surface area contributed by atoms with Crippen LogP contribution in [0.25, 0.3) is 0 Å². The highest BCUT2D eigenvalue weighted by molar-refractivity contribution is 5.70. The number of nitrogens with one attached hydrogen (secondary N) is 1. The first kappa shape index (κ1) is 12.1. The average molecular weight is 238 g/mol. The summed E-state index contributed by atoms with van der Waals surface area (Å²) in [6, 6.07) is 4.08. The number of hydrogen-bond donors (Lipinski definition) is 2. The molecule has 0 spiro atoms. The van der Waals surface area contributed by atoms with Crippen molar-refractivity contribution in [2.75, 3.05) is 19.6 Å². The van der Waals surface area contributed by atoms with Crippen LogP contribution in [0, 0.1) is 5.92 Å². The molecule has 1 aromatic heterocycles. The van der Waals surface area contributed by atoms with Crippen LogP contribution in [0.3, 0.4) is 0 Å². The second-order valence-electron chi connectivity index (χ2n) is 4.55. The van der Waals surface area contributed by atoms with Crippen molar-refractivity contribution in [2.45, 2.75) is 19.5 Å². The normalized spacial score (nSPS) is 26.6. The van der Waals surface area contributed by atoms with Gasteiger partial charge in [0.1, 0.15) is 5.76 Å². The van der Waals surface area contributed by atoms with Crippen molar-refractivity contribution in [1.82, 2.24) is 10.2 Å². The van der Waals surface area contributed by atoms with Crippen molar-refractivity contribution in [3.05, 3.63) is 24.2 Å². The molecule has 0 saturated carbocycles. The summed E-state index contributed by atoms with van der Waals surface area (Å²) in [5.74, 6) is -0.214. The third-order valence-corrected chi connectivity index (χ3v) is 3.20. The average Bonchev–Trinajstić information content (AvgIpc) is 2.71. The first-order valence-electron chi connectivity index (χ1n) is 5.86. The number of carbonyl (C=O) groups is 1. The molecule has 2 unspecified atom stereocenters. The number of carboxylic acid groups (broad SMARTS) is 1. The summed E-state index contributed by atoms with van der Waals surface area (Å²) >= 11 is 0. The van der Waals surface area contributed by atoms with E-state index in [-0.39, 0.29) is 5.92 Å². The summed E-state index contributed by atoms with van der Waals surface area (Å²) in [7, 11) is 0. The number of rotatable bonds is 3. The fourth-order valence-corrected chi connectivity index (χ4v) is 2.11. The van der Waals surface area contributed by atoms with Gasteiger partial charge in [0.25, 0.3) is 0 Å². The molecule has 2 heterocycles. The van der Waals surface area contributed by atoms with E-state index in [4.69, 9.17) is 9.52 Å². The van der Waals surface area contributed by atoms with Gasteiger partial charge in [-0.1, -0.05) is 0 Å². The molecule has 0 bridgehead atoms. The maximum absolute atomic E-state index is 11.1. The van der Waals surface area contributed by atoms with Crippen LogP contribution in [0.15, 0.2) is 22.8 Å². The second-order valence-corrected chi connectivity index (χ2v) is 4.55. The van der Waals surface area contributed by atoms with Crippen LogP contribution in [-0.4, -0.2) is 41.7 Å². The molecule has 1 aromatic rings. The lowest BCUT2D eigenvalue weighted by Crippen LogP contribution is -2.38. The summed E-state index contributed by atoms with van der Waals surface area (Å²) in [6.45, 7) is 4.67. The lowest BCUT2D eigenvalue weighted by atomic mass is 10.1. The third-order valence-electron chi connectivity index (χ3n) is 3.20. The fourth-order valence-electron chi connectivity index (χ4n) is 2.11. The van der Waals surface area contributed by atoms with Gasteiger partial charge >= 0.3 is 5.97 Å². The minimum absolute atomic E-state index is 0.310. The molecule has 0 amide bonds. The van der Waals surface area contributed by atoms with Crippen molar-refractivity contribution in [2.24, 2.45) is 5.92 Å². The summed E-state index contributed by atoms with van der Waals surface area (Å²) < 4.78 is 5.31. The highest BCUT2D eigenvalue weighted by atomic mass is 16.4. The lowest BCUT2D eigenvalue weighted by molar-refractivity contribution is -0.142. The minimum Gasteiger partial charge on any atom is -0.481 e. The molecule has 0 aromatic carbocycles. The summed E-state index contributed by atoms with van der Waals surface area (Å²) in [4.78, 5) is 13.2. The zero-order valence-electron chi connectivity index (χ0n) is 9.93. The number of nitrogens with zero attached hydrogens (tertiary/aromatic N) is 1. The van der Waals surface area contributed by atoms with E-state index < -0.39 is 5.97 Å². The summed E-state index contributed by atoms with van der Waals surface area (Å²) in [5, 5.41) is 12.3. The predicted octanol–water partition coefficient (Wildman–Crippen LogP) is 0.774. The largest absolute Gasteiger partial charge is 0.481 e. The maximum atomic E-state index is 11.1. The van der Waals surface area contributed by atoms with Crippen molar-refractivity contribution < 1.29 is 14.3 Å². The minimum atomic E-state index is -0.740. The van der Waals surface area contributed by atoms with Crippen LogP contribution in [0.5, 0.6) is 0 Å². The number of furan rings is 1. The quantitative estimate of drug-likeness (QED) is 0.814. The van der Waals surface area contributed by atoms with Gasteiger partial charge in [0, 0.05) is 25.7 Å². The Morgan fingerprint density at radius 2 is 2.47 bits per heavy atom. The number of carboxylic acids is 1. The van der Waals surface area contributed by atoms with Gasteiger partial charge in [-0.2, -0.15) is 0 Å². The van der Waals surface area contributed by atoms with Crippen LogP contribution in [0.1, 0.15) is 12.7 Å². The molecule has 1 fully saturated rings. The van der Waals surface area contributed by atoms with Gasteiger partial charge in [0.15, 0.2) is 0 Å². The van der Waals surface area contributed by atoms with Crippen LogP contribution < -0.4 is 5.32 Å². The Labute approximate surface area is 100 Å². The van der Waals surface area contributed by atoms with E-state index in [1.54, 1.807) is 6.26 Å². The van der Waals surface area contributed by atoms with E-state index >= 15 is 0 Å². The second kappa shape index (κ2) is 5.33. The topological polar surface area (TPSA) is 65.7 Å². The van der Waals surface area contributed by atoms with Gasteiger partial charge in [0.05, 0.1) is 18.7 Å². The molecule has 2 rings (SSSR count). The molecule has 2 N–H and O–H groups in total. The monoisotopic (exact) mass is 238 g/mol. The predicted molar refractivity (Wildman–Crippen MR) is 62.6 cm³/mol. The van der Waals surface area contributed by atoms with Crippen LogP contribution in [0.2, 0.25) is 0 Å². The highest BCUT2D eigenvalue weighted by Gasteiger charge is 2.27. The standard InChI is InChI=1S/C12H18N2O3/c1-9-5-13-6-10(12(15)16)7-14(9)8-11-3-2-4-17-11/h2-4,9-10,13H,5-8H2,1H3,(H,15,16). The third kappa shape index (κ3) is 3.08. The van der Waals surface area contributed by atoms with E-state index in [0.717, 1.165) is 12.3 Å². The first-order chi connectivity index (χ1) is 8.16. The Bertz CT molecular complexity index is 364. The molecule has 17 heavy (non-hydrogen) atoms. The number of hydrogen-bond acceptors (Lipinski definition) is 4. The van der Waals surface area contributed by atoms with Crippen molar-refractivity contribution in [1.29, 1.82) is 0 Å². The van der Waals surface area contributed by atoms with Gasteiger partial charge in [-0.05, 0) is 19.1 Å². The molecular formula is C12H18N2O3. The highest BCUT2D eigenvalue weighted by Crippen LogP contribution is 2.14. The molecule has 5 nitrogen and oxygen atoms in total. The number of aliphatic carboxylic acids is 1. The zero-order valence-corrected chi connectivity index (χ0v) is 9.93. The van der Waals surface area contributed by atoms with Crippen molar-refractivity contribution >= 4 is 5.97 Å². The lowest BCUT2D eigenvalue weighted by Gasteiger charge is -2.26. The molecule has 5 heteroatoms. The van der Waals surface area contributed by atoms with Crippen LogP contribution >= 0.6 is 0 Å². The molecule has 1 aliphatic rings. The molecule has 2 atom stereocenters. The fraction of sp³-hybridized carbons (Fsp3) is 0.583. The van der Waals surface area contributed by atoms with E-state index in [2.05, 4.69) is 17.1 Å². The van der Waals surface area contributed by atoms with E-state index in [1.807, 2.05) is 12.1 Å². The Kier molecular flexibility index (Phi) is 3.81. The molecule has 0 aliphatic carbocycles. The van der Waals surface area contributed by atoms with Crippen molar-refractivity contribution in [3.8, 4) is 0 Å². The van der Waals surface area contributed by atoms with Gasteiger partial charge in [-0.3, -0.25) is 9.69 Å². The molecule has 94 valence electrons. The zero-order chi connectivity index (χ0) is 12.3. The molecular weight excluding hydrogens is 220 g/mol. The van der Waals surface area contributed by atoms with E-state index in [0.29, 0.717) is 25.7 Å². The molecule has 0 radical (unpaired) electrons. The van der Waals surface area contributed by atoms with Gasteiger partial charge < -0.3 is 14.8 Å². The summed E-state index contributed by atoms with van der Waals surface area (Å²) in [6.07, 6.45) is 1.64. The Morgan fingerprint density at radius 1 is 1.65 bits per heavy atom. The van der Waals surface area contributed by atoms with Gasteiger partial charge in [-0.15, -0.1) is 0 Å². The van der Waals surface area contributed by atoms with Gasteiger partial charge in [0.2, 0.25) is 0 Å². The Morgan fingerprint density at radius 3 is 3.12 bits per heavy atom. The van der Waals surface area contributed by atoms with E-state index in [1.165, 1.54) is 0 Å². The van der Waals surface area contributed by atoms with E-state index in [9.17, 15) is 4.79 Å². The Balaban J connectivity index is 2.04. The Hall–Kier alpha value is -1.33.